The highest BCUT2D eigenvalue weighted by Gasteiger charge is 2.08. The van der Waals surface area contributed by atoms with Crippen molar-refractivity contribution in [2.24, 2.45) is 0 Å². The molecule has 0 aliphatic rings. The fraction of sp³-hybridized carbons (Fsp3) is 0.944. The molecule has 0 aliphatic heterocycles. The van der Waals surface area contributed by atoms with Gasteiger partial charge in [0, 0.05) is 6.42 Å². The minimum Gasteiger partial charge on any atom is -0.481 e. The summed E-state index contributed by atoms with van der Waals surface area (Å²) in [5.74, 6) is -0.896. The molecule has 1 unspecified atom stereocenters. The van der Waals surface area contributed by atoms with Gasteiger partial charge in [-0.05, 0) is 12.8 Å². The third-order valence-electron chi connectivity index (χ3n) is 4.04. The lowest BCUT2D eigenvalue weighted by molar-refractivity contribution is -0.137. The van der Waals surface area contributed by atoms with Crippen LogP contribution in [0.2, 0.25) is 0 Å². The van der Waals surface area contributed by atoms with Crippen LogP contribution in [0.1, 0.15) is 103 Å². The first kappa shape index (κ1) is 20.4. The summed E-state index contributed by atoms with van der Waals surface area (Å²) in [5.41, 5.74) is 0. The highest BCUT2D eigenvalue weighted by molar-refractivity contribution is 5.66. The summed E-state index contributed by atoms with van der Waals surface area (Å²) in [6.07, 6.45) is 15.1. The summed E-state index contributed by atoms with van der Waals surface area (Å²) in [7, 11) is 0. The SMILES string of the molecule is CCCCCCCCCCCCCCC(F)CCC(=O)O. The predicted octanol–water partition coefficient (Wildman–Crippen LogP) is 6.28. The van der Waals surface area contributed by atoms with E-state index in [0.29, 0.717) is 6.42 Å². The predicted molar refractivity (Wildman–Crippen MR) is 87.5 cm³/mol. The van der Waals surface area contributed by atoms with E-state index in [1.165, 1.54) is 64.2 Å². The van der Waals surface area contributed by atoms with E-state index in [1.54, 1.807) is 0 Å². The van der Waals surface area contributed by atoms with E-state index < -0.39 is 12.1 Å². The van der Waals surface area contributed by atoms with E-state index in [2.05, 4.69) is 6.92 Å². The molecule has 0 aromatic heterocycles. The average molecular weight is 302 g/mol. The fourth-order valence-electron chi connectivity index (χ4n) is 2.63. The van der Waals surface area contributed by atoms with Gasteiger partial charge in [0.05, 0.1) is 0 Å². The van der Waals surface area contributed by atoms with Gasteiger partial charge in [-0.2, -0.15) is 0 Å². The Labute approximate surface area is 130 Å². The number of aliphatic carboxylic acids is 1. The molecule has 0 saturated heterocycles. The smallest absolute Gasteiger partial charge is 0.303 e. The van der Waals surface area contributed by atoms with Crippen molar-refractivity contribution in [1.82, 2.24) is 0 Å². The highest BCUT2D eigenvalue weighted by Crippen LogP contribution is 2.15. The summed E-state index contributed by atoms with van der Waals surface area (Å²) in [6, 6.07) is 0. The molecule has 0 aromatic rings. The Morgan fingerprint density at radius 3 is 1.67 bits per heavy atom. The molecule has 0 fully saturated rings. The van der Waals surface area contributed by atoms with E-state index in [0.717, 1.165) is 12.8 Å². The summed E-state index contributed by atoms with van der Waals surface area (Å²) in [6.45, 7) is 2.25. The molecule has 3 heteroatoms. The van der Waals surface area contributed by atoms with Crippen LogP contribution in [-0.2, 0) is 4.79 Å². The fourth-order valence-corrected chi connectivity index (χ4v) is 2.63. The van der Waals surface area contributed by atoms with Crippen LogP contribution in [0.15, 0.2) is 0 Å². The van der Waals surface area contributed by atoms with Crippen molar-refractivity contribution in [3.8, 4) is 0 Å². The molecule has 0 aliphatic carbocycles. The van der Waals surface area contributed by atoms with Gasteiger partial charge in [0.25, 0.3) is 0 Å². The van der Waals surface area contributed by atoms with Crippen molar-refractivity contribution in [3.63, 3.8) is 0 Å². The largest absolute Gasteiger partial charge is 0.481 e. The number of alkyl halides is 1. The molecule has 126 valence electrons. The van der Waals surface area contributed by atoms with Gasteiger partial charge in [0.2, 0.25) is 0 Å². The number of hydrogen-bond donors (Lipinski definition) is 1. The van der Waals surface area contributed by atoms with Gasteiger partial charge in [-0.25, -0.2) is 4.39 Å². The van der Waals surface area contributed by atoms with Crippen molar-refractivity contribution in [2.75, 3.05) is 0 Å². The molecule has 0 bridgehead atoms. The molecule has 2 nitrogen and oxygen atoms in total. The summed E-state index contributed by atoms with van der Waals surface area (Å²) >= 11 is 0. The first-order valence-corrected chi connectivity index (χ1v) is 9.02. The van der Waals surface area contributed by atoms with Crippen LogP contribution < -0.4 is 0 Å². The van der Waals surface area contributed by atoms with Gasteiger partial charge in [-0.3, -0.25) is 4.79 Å². The van der Waals surface area contributed by atoms with Gasteiger partial charge in [0.15, 0.2) is 0 Å². The van der Waals surface area contributed by atoms with Gasteiger partial charge in [0.1, 0.15) is 6.17 Å². The second-order valence-electron chi connectivity index (χ2n) is 6.21. The van der Waals surface area contributed by atoms with Crippen molar-refractivity contribution in [2.45, 2.75) is 109 Å². The first-order valence-electron chi connectivity index (χ1n) is 9.02. The minimum absolute atomic E-state index is 0.0422. The number of rotatable bonds is 16. The molecule has 0 amide bonds. The van der Waals surface area contributed by atoms with Crippen LogP contribution in [0.3, 0.4) is 0 Å². The maximum atomic E-state index is 13.3. The molecule has 1 N–H and O–H groups in total. The molecule has 0 saturated carbocycles. The van der Waals surface area contributed by atoms with Crippen molar-refractivity contribution < 1.29 is 14.3 Å². The van der Waals surface area contributed by atoms with Crippen LogP contribution >= 0.6 is 0 Å². The van der Waals surface area contributed by atoms with E-state index >= 15 is 0 Å². The average Bonchev–Trinajstić information content (AvgIpc) is 2.46. The Hall–Kier alpha value is -0.600. The lowest BCUT2D eigenvalue weighted by atomic mass is 10.0. The number of unbranched alkanes of at least 4 members (excludes halogenated alkanes) is 11. The van der Waals surface area contributed by atoms with Crippen LogP contribution in [0, 0.1) is 0 Å². The Balaban J connectivity index is 3.10. The topological polar surface area (TPSA) is 37.3 Å². The minimum atomic E-state index is -0.927. The van der Waals surface area contributed by atoms with Gasteiger partial charge in [-0.15, -0.1) is 0 Å². The number of halogens is 1. The third kappa shape index (κ3) is 17.3. The van der Waals surface area contributed by atoms with Gasteiger partial charge >= 0.3 is 5.97 Å². The highest BCUT2D eigenvalue weighted by atomic mass is 19.1. The van der Waals surface area contributed by atoms with E-state index in [-0.39, 0.29) is 12.8 Å². The normalized spacial score (nSPS) is 12.5. The van der Waals surface area contributed by atoms with Crippen molar-refractivity contribution in [3.05, 3.63) is 0 Å². The first-order chi connectivity index (χ1) is 10.2. The van der Waals surface area contributed by atoms with E-state index in [9.17, 15) is 9.18 Å². The summed E-state index contributed by atoms with van der Waals surface area (Å²) in [4.78, 5) is 10.3. The van der Waals surface area contributed by atoms with Gasteiger partial charge < -0.3 is 5.11 Å². The maximum absolute atomic E-state index is 13.3. The van der Waals surface area contributed by atoms with E-state index in [1.807, 2.05) is 0 Å². The Kier molecular flexibility index (Phi) is 15.3. The van der Waals surface area contributed by atoms with Crippen molar-refractivity contribution >= 4 is 5.97 Å². The Morgan fingerprint density at radius 2 is 1.24 bits per heavy atom. The van der Waals surface area contributed by atoms with E-state index in [4.69, 9.17) is 5.11 Å². The molecular weight excluding hydrogens is 267 g/mol. The maximum Gasteiger partial charge on any atom is 0.303 e. The van der Waals surface area contributed by atoms with Crippen LogP contribution in [0.5, 0.6) is 0 Å². The molecule has 0 spiro atoms. The van der Waals surface area contributed by atoms with Crippen LogP contribution in [0.4, 0.5) is 4.39 Å². The third-order valence-corrected chi connectivity index (χ3v) is 4.04. The zero-order valence-electron chi connectivity index (χ0n) is 13.9. The molecule has 1 atom stereocenters. The van der Waals surface area contributed by atoms with Crippen LogP contribution in [-0.4, -0.2) is 17.2 Å². The Bertz CT molecular complexity index is 231. The number of hydrogen-bond acceptors (Lipinski definition) is 1. The van der Waals surface area contributed by atoms with Crippen molar-refractivity contribution in [1.29, 1.82) is 0 Å². The molecular formula is C18H35FO2. The molecule has 0 aromatic carbocycles. The Morgan fingerprint density at radius 1 is 0.810 bits per heavy atom. The van der Waals surface area contributed by atoms with Gasteiger partial charge in [-0.1, -0.05) is 84.0 Å². The zero-order valence-corrected chi connectivity index (χ0v) is 13.9. The zero-order chi connectivity index (χ0) is 15.8. The standard InChI is InChI=1S/C18H35FO2/c1-2-3-4-5-6-7-8-9-10-11-12-13-14-17(19)15-16-18(20)21/h17H,2-16H2,1H3,(H,20,21). The van der Waals surface area contributed by atoms with Crippen LogP contribution in [0.25, 0.3) is 0 Å². The lowest BCUT2D eigenvalue weighted by Gasteiger charge is -2.06. The lowest BCUT2D eigenvalue weighted by Crippen LogP contribution is -2.04. The molecule has 0 rings (SSSR count). The number of carboxylic acid groups (broad SMARTS) is 1. The summed E-state index contributed by atoms with van der Waals surface area (Å²) in [5, 5.41) is 8.47. The molecule has 21 heavy (non-hydrogen) atoms. The molecule has 0 radical (unpaired) electrons. The summed E-state index contributed by atoms with van der Waals surface area (Å²) < 4.78 is 13.3. The number of carbonyl (C=O) groups is 1. The second kappa shape index (κ2) is 15.8. The second-order valence-corrected chi connectivity index (χ2v) is 6.21. The number of carboxylic acids is 1. The quantitative estimate of drug-likeness (QED) is 0.341. The molecule has 0 heterocycles. The monoisotopic (exact) mass is 302 g/mol.